The topological polar surface area (TPSA) is 79.3 Å². The van der Waals surface area contributed by atoms with Gasteiger partial charge >= 0.3 is 5.97 Å². The van der Waals surface area contributed by atoms with Crippen molar-refractivity contribution in [3.8, 4) is 0 Å². The number of carboxylic acid groups (broad SMARTS) is 1. The zero-order valence-electron chi connectivity index (χ0n) is 9.59. The van der Waals surface area contributed by atoms with E-state index in [4.69, 9.17) is 5.11 Å². The van der Waals surface area contributed by atoms with Gasteiger partial charge in [0.1, 0.15) is 0 Å². The van der Waals surface area contributed by atoms with Crippen LogP contribution in [0.5, 0.6) is 0 Å². The molecule has 1 amide bonds. The van der Waals surface area contributed by atoms with Crippen molar-refractivity contribution in [2.45, 2.75) is 12.8 Å². The summed E-state index contributed by atoms with van der Waals surface area (Å²) in [6, 6.07) is 9.36. The van der Waals surface area contributed by atoms with Gasteiger partial charge in [-0.15, -0.1) is 0 Å². The number of pyridine rings is 1. The zero-order valence-corrected chi connectivity index (χ0v) is 9.59. The van der Waals surface area contributed by atoms with Crippen LogP contribution in [0, 0.1) is 0 Å². The van der Waals surface area contributed by atoms with Crippen LogP contribution in [0.3, 0.4) is 0 Å². The van der Waals surface area contributed by atoms with Crippen molar-refractivity contribution in [2.75, 3.05) is 5.32 Å². The van der Waals surface area contributed by atoms with Gasteiger partial charge in [-0.25, -0.2) is 0 Å². The number of fused-ring (bicyclic) bond motifs is 1. The Morgan fingerprint density at radius 1 is 1.22 bits per heavy atom. The second kappa shape index (κ2) is 5.27. The fraction of sp³-hybridized carbons (Fsp3) is 0.154. The summed E-state index contributed by atoms with van der Waals surface area (Å²) in [6.45, 7) is 0. The Balaban J connectivity index is 2.07. The minimum absolute atomic E-state index is 0.0395. The minimum Gasteiger partial charge on any atom is -0.481 e. The Bertz CT molecular complexity index is 596. The maximum atomic E-state index is 11.5. The fourth-order valence-corrected chi connectivity index (χ4v) is 1.58. The van der Waals surface area contributed by atoms with Gasteiger partial charge in [-0.1, -0.05) is 18.2 Å². The number of benzene rings is 1. The van der Waals surface area contributed by atoms with Crippen molar-refractivity contribution in [3.63, 3.8) is 0 Å². The number of hydrogen-bond donors (Lipinski definition) is 2. The predicted molar refractivity (Wildman–Crippen MR) is 67.2 cm³/mol. The van der Waals surface area contributed by atoms with E-state index in [0.717, 1.165) is 10.9 Å². The molecule has 5 heteroatoms. The molecule has 92 valence electrons. The highest BCUT2D eigenvalue weighted by atomic mass is 16.4. The van der Waals surface area contributed by atoms with Crippen molar-refractivity contribution in [2.24, 2.45) is 0 Å². The van der Waals surface area contributed by atoms with Gasteiger partial charge in [0, 0.05) is 11.8 Å². The van der Waals surface area contributed by atoms with Gasteiger partial charge in [0.2, 0.25) is 5.91 Å². The molecular weight excluding hydrogens is 232 g/mol. The molecule has 0 aliphatic rings. The third-order valence-corrected chi connectivity index (χ3v) is 2.44. The van der Waals surface area contributed by atoms with Gasteiger partial charge in [-0.2, -0.15) is 0 Å². The van der Waals surface area contributed by atoms with Crippen LogP contribution in [-0.2, 0) is 9.59 Å². The molecule has 0 aliphatic carbocycles. The number of rotatable bonds is 4. The van der Waals surface area contributed by atoms with E-state index in [0.29, 0.717) is 5.69 Å². The molecule has 2 rings (SSSR count). The average molecular weight is 244 g/mol. The van der Waals surface area contributed by atoms with Gasteiger partial charge in [0.15, 0.2) is 0 Å². The molecule has 18 heavy (non-hydrogen) atoms. The van der Waals surface area contributed by atoms with Gasteiger partial charge in [-0.3, -0.25) is 14.6 Å². The highest BCUT2D eigenvalue weighted by molar-refractivity contribution is 5.94. The molecule has 0 bridgehead atoms. The summed E-state index contributed by atoms with van der Waals surface area (Å²) in [5, 5.41) is 12.0. The van der Waals surface area contributed by atoms with Crippen molar-refractivity contribution >= 4 is 28.5 Å². The standard InChI is InChI=1S/C13H12N2O3/c16-12(5-6-13(17)18)15-10-7-9-3-1-2-4-11(9)14-8-10/h1-4,7-8H,5-6H2,(H,15,16)(H,17,18). The van der Waals surface area contributed by atoms with E-state index in [1.165, 1.54) is 0 Å². The molecule has 0 fully saturated rings. The molecule has 0 atom stereocenters. The highest BCUT2D eigenvalue weighted by Crippen LogP contribution is 2.16. The molecule has 0 saturated heterocycles. The normalized spacial score (nSPS) is 10.2. The van der Waals surface area contributed by atoms with Crippen LogP contribution in [0.1, 0.15) is 12.8 Å². The number of anilines is 1. The first-order valence-electron chi connectivity index (χ1n) is 5.51. The first kappa shape index (κ1) is 12.0. The van der Waals surface area contributed by atoms with Crippen molar-refractivity contribution in [3.05, 3.63) is 36.5 Å². The van der Waals surface area contributed by atoms with Crippen LogP contribution in [0.25, 0.3) is 10.9 Å². The number of nitrogens with one attached hydrogen (secondary N) is 1. The maximum absolute atomic E-state index is 11.5. The lowest BCUT2D eigenvalue weighted by molar-refractivity contribution is -0.138. The van der Waals surface area contributed by atoms with Gasteiger partial charge in [-0.05, 0) is 12.1 Å². The van der Waals surface area contributed by atoms with Gasteiger partial charge in [0.05, 0.1) is 23.8 Å². The monoisotopic (exact) mass is 244 g/mol. The largest absolute Gasteiger partial charge is 0.481 e. The first-order chi connectivity index (χ1) is 8.65. The Kier molecular flexibility index (Phi) is 3.52. The fourth-order valence-electron chi connectivity index (χ4n) is 1.58. The maximum Gasteiger partial charge on any atom is 0.303 e. The molecule has 0 aliphatic heterocycles. The number of aliphatic carboxylic acids is 1. The Hall–Kier alpha value is -2.43. The zero-order chi connectivity index (χ0) is 13.0. The van der Waals surface area contributed by atoms with Crippen molar-refractivity contribution < 1.29 is 14.7 Å². The lowest BCUT2D eigenvalue weighted by atomic mass is 10.2. The molecule has 5 nitrogen and oxygen atoms in total. The van der Waals surface area contributed by atoms with Crippen molar-refractivity contribution in [1.29, 1.82) is 0 Å². The molecule has 0 radical (unpaired) electrons. The Morgan fingerprint density at radius 3 is 2.78 bits per heavy atom. The summed E-state index contributed by atoms with van der Waals surface area (Å²) in [5.74, 6) is -1.31. The lowest BCUT2D eigenvalue weighted by Crippen LogP contribution is -2.13. The lowest BCUT2D eigenvalue weighted by Gasteiger charge is -2.05. The number of amides is 1. The number of carboxylic acids is 1. The Morgan fingerprint density at radius 2 is 2.00 bits per heavy atom. The molecule has 0 spiro atoms. The molecule has 0 saturated carbocycles. The third-order valence-electron chi connectivity index (χ3n) is 2.44. The summed E-state index contributed by atoms with van der Waals surface area (Å²) in [6.07, 6.45) is 1.34. The average Bonchev–Trinajstić information content (AvgIpc) is 2.36. The second-order valence-corrected chi connectivity index (χ2v) is 3.86. The number of carbonyl (C=O) groups is 2. The second-order valence-electron chi connectivity index (χ2n) is 3.86. The van der Waals surface area contributed by atoms with Crippen LogP contribution in [0.2, 0.25) is 0 Å². The van der Waals surface area contributed by atoms with Crippen molar-refractivity contribution in [1.82, 2.24) is 4.98 Å². The Labute approximate surface area is 103 Å². The van der Waals surface area contributed by atoms with E-state index in [1.54, 1.807) is 12.3 Å². The van der Waals surface area contributed by atoms with Crippen LogP contribution >= 0.6 is 0 Å². The SMILES string of the molecule is O=C(O)CCC(=O)Nc1cnc2ccccc2c1. The third kappa shape index (κ3) is 3.04. The van der Waals surface area contributed by atoms with E-state index in [2.05, 4.69) is 10.3 Å². The van der Waals surface area contributed by atoms with E-state index in [-0.39, 0.29) is 18.7 Å². The van der Waals surface area contributed by atoms with Gasteiger partial charge < -0.3 is 10.4 Å². The molecular formula is C13H12N2O3. The van der Waals surface area contributed by atoms with Crippen LogP contribution in [-0.4, -0.2) is 22.0 Å². The van der Waals surface area contributed by atoms with Crippen LogP contribution < -0.4 is 5.32 Å². The molecule has 2 aromatic rings. The summed E-state index contributed by atoms with van der Waals surface area (Å²) in [4.78, 5) is 26.0. The molecule has 1 aromatic carbocycles. The van der Waals surface area contributed by atoms with E-state index in [9.17, 15) is 9.59 Å². The molecule has 1 aromatic heterocycles. The minimum atomic E-state index is -0.984. The molecule has 1 heterocycles. The molecule has 0 unspecified atom stereocenters. The smallest absolute Gasteiger partial charge is 0.303 e. The first-order valence-corrected chi connectivity index (χ1v) is 5.51. The summed E-state index contributed by atoms with van der Waals surface area (Å²) >= 11 is 0. The quantitative estimate of drug-likeness (QED) is 0.862. The van der Waals surface area contributed by atoms with E-state index in [1.807, 2.05) is 24.3 Å². The number of nitrogens with zero attached hydrogens (tertiary/aromatic N) is 1. The number of hydrogen-bond acceptors (Lipinski definition) is 3. The number of carbonyl (C=O) groups excluding carboxylic acids is 1. The summed E-state index contributed by atoms with van der Waals surface area (Å²) < 4.78 is 0. The summed E-state index contributed by atoms with van der Waals surface area (Å²) in [7, 11) is 0. The van der Waals surface area contributed by atoms with E-state index >= 15 is 0 Å². The van der Waals surface area contributed by atoms with Crippen LogP contribution in [0.4, 0.5) is 5.69 Å². The van der Waals surface area contributed by atoms with Gasteiger partial charge in [0.25, 0.3) is 0 Å². The number of para-hydroxylation sites is 1. The van der Waals surface area contributed by atoms with E-state index < -0.39 is 5.97 Å². The molecule has 2 N–H and O–H groups in total. The predicted octanol–water partition coefficient (Wildman–Crippen LogP) is 2.04. The highest BCUT2D eigenvalue weighted by Gasteiger charge is 2.06. The number of aromatic nitrogens is 1. The van der Waals surface area contributed by atoms with Crippen LogP contribution in [0.15, 0.2) is 36.5 Å². The summed E-state index contributed by atoms with van der Waals surface area (Å²) in [5.41, 5.74) is 1.42.